The Hall–Kier alpha value is -3.27. The van der Waals surface area contributed by atoms with Gasteiger partial charge in [0.1, 0.15) is 11.5 Å². The van der Waals surface area contributed by atoms with Gasteiger partial charge in [-0.25, -0.2) is 0 Å². The number of carbonyl (C=O) groups excluding carboxylic acids is 1. The fourth-order valence-electron chi connectivity index (χ4n) is 4.15. The van der Waals surface area contributed by atoms with E-state index in [1.54, 1.807) is 19.2 Å². The van der Waals surface area contributed by atoms with Crippen molar-refractivity contribution in [2.45, 2.75) is 25.3 Å². The molecule has 1 aliphatic heterocycles. The van der Waals surface area contributed by atoms with Crippen molar-refractivity contribution in [2.75, 3.05) is 12.0 Å². The minimum atomic E-state index is -0.0758. The van der Waals surface area contributed by atoms with Crippen LogP contribution in [0.2, 0.25) is 0 Å². The number of phenols is 1. The summed E-state index contributed by atoms with van der Waals surface area (Å²) in [6.45, 7) is 0. The number of ether oxygens (including phenoxy) is 1. The number of para-hydroxylation sites is 2. The summed E-state index contributed by atoms with van der Waals surface area (Å²) >= 11 is 0. The van der Waals surface area contributed by atoms with Crippen LogP contribution >= 0.6 is 0 Å². The summed E-state index contributed by atoms with van der Waals surface area (Å²) in [6.07, 6.45) is 2.74. The molecule has 0 radical (unpaired) electrons. The number of methoxy groups -OCH3 is 1. The van der Waals surface area contributed by atoms with Gasteiger partial charge in [-0.15, -0.1) is 0 Å². The van der Waals surface area contributed by atoms with E-state index in [2.05, 4.69) is 12.1 Å². The maximum absolute atomic E-state index is 13.1. The molecule has 1 N–H and O–H groups in total. The molecule has 4 heteroatoms. The lowest BCUT2D eigenvalue weighted by molar-refractivity contribution is -0.130. The first kappa shape index (κ1) is 19.1. The Morgan fingerprint density at radius 1 is 0.931 bits per heavy atom. The first-order valence-electron chi connectivity index (χ1n) is 9.98. The van der Waals surface area contributed by atoms with Crippen molar-refractivity contribution < 1.29 is 14.6 Å². The molecular weight excluding hydrogens is 362 g/mol. The van der Waals surface area contributed by atoms with Crippen LogP contribution in [0, 0.1) is 5.92 Å². The van der Waals surface area contributed by atoms with Gasteiger partial charge in [-0.05, 0) is 54.7 Å². The third kappa shape index (κ3) is 3.83. The van der Waals surface area contributed by atoms with Crippen LogP contribution in [0.4, 0.5) is 5.69 Å². The normalized spacial score (nSPS) is 18.4. The topological polar surface area (TPSA) is 49.8 Å². The average molecular weight is 387 g/mol. The van der Waals surface area contributed by atoms with Crippen LogP contribution in [0.25, 0.3) is 0 Å². The van der Waals surface area contributed by atoms with E-state index in [-0.39, 0.29) is 23.6 Å². The van der Waals surface area contributed by atoms with E-state index in [1.165, 1.54) is 5.56 Å². The van der Waals surface area contributed by atoms with Gasteiger partial charge in [0.2, 0.25) is 5.91 Å². The summed E-state index contributed by atoms with van der Waals surface area (Å²) in [7, 11) is 1.62. The van der Waals surface area contributed by atoms with Gasteiger partial charge in [-0.3, -0.25) is 4.79 Å². The number of hydrogen-bond acceptors (Lipinski definition) is 3. The van der Waals surface area contributed by atoms with Crippen LogP contribution in [0.3, 0.4) is 0 Å². The molecule has 0 aliphatic carbocycles. The molecule has 0 aromatic heterocycles. The second kappa shape index (κ2) is 8.39. The van der Waals surface area contributed by atoms with Gasteiger partial charge in [0.05, 0.1) is 24.8 Å². The molecule has 0 bridgehead atoms. The molecule has 1 saturated heterocycles. The highest BCUT2D eigenvalue weighted by molar-refractivity contribution is 6.04. The molecule has 1 aliphatic rings. The van der Waals surface area contributed by atoms with Crippen molar-refractivity contribution in [1.82, 2.24) is 0 Å². The third-order valence-electron chi connectivity index (χ3n) is 5.62. The SMILES string of the molecule is COc1ccccc1N1C(=O)C(CCCc2ccccc2)C1c1ccc(O)cc1. The lowest BCUT2D eigenvalue weighted by Crippen LogP contribution is -2.55. The Labute approximate surface area is 171 Å². The maximum atomic E-state index is 13.1. The Balaban J connectivity index is 1.57. The van der Waals surface area contributed by atoms with E-state index >= 15 is 0 Å². The summed E-state index contributed by atoms with van der Waals surface area (Å²) in [5, 5.41) is 9.68. The highest BCUT2D eigenvalue weighted by Gasteiger charge is 2.48. The fourth-order valence-corrected chi connectivity index (χ4v) is 4.15. The molecule has 3 aromatic carbocycles. The molecule has 0 spiro atoms. The number of benzene rings is 3. The molecule has 29 heavy (non-hydrogen) atoms. The molecule has 1 amide bonds. The lowest BCUT2D eigenvalue weighted by atomic mass is 9.78. The fraction of sp³-hybridized carbons (Fsp3) is 0.240. The number of aryl methyl sites for hydroxylation is 1. The molecular formula is C25H25NO3. The average Bonchev–Trinajstić information content (AvgIpc) is 2.76. The summed E-state index contributed by atoms with van der Waals surface area (Å²) in [5.74, 6) is 0.963. The summed E-state index contributed by atoms with van der Waals surface area (Å²) in [4.78, 5) is 15.0. The smallest absolute Gasteiger partial charge is 0.233 e. The number of aromatic hydroxyl groups is 1. The molecule has 0 saturated carbocycles. The zero-order valence-corrected chi connectivity index (χ0v) is 16.5. The van der Waals surface area contributed by atoms with E-state index in [1.807, 2.05) is 59.5 Å². The van der Waals surface area contributed by atoms with Gasteiger partial charge in [0, 0.05) is 0 Å². The van der Waals surface area contributed by atoms with Crippen LogP contribution in [0.15, 0.2) is 78.9 Å². The number of β-lactam (4-membered cyclic amide) rings is 1. The molecule has 2 unspecified atom stereocenters. The Morgan fingerprint density at radius 2 is 1.62 bits per heavy atom. The minimum absolute atomic E-state index is 0.0600. The van der Waals surface area contributed by atoms with Gasteiger partial charge in [0.25, 0.3) is 0 Å². The van der Waals surface area contributed by atoms with Crippen molar-refractivity contribution in [3.63, 3.8) is 0 Å². The Morgan fingerprint density at radius 3 is 2.34 bits per heavy atom. The van der Waals surface area contributed by atoms with Gasteiger partial charge < -0.3 is 14.7 Å². The predicted octanol–water partition coefficient (Wildman–Crippen LogP) is 5.13. The summed E-state index contributed by atoms with van der Waals surface area (Å²) in [5.41, 5.74) is 3.11. The second-order valence-corrected chi connectivity index (χ2v) is 7.40. The Kier molecular flexibility index (Phi) is 5.52. The number of anilines is 1. The molecule has 1 fully saturated rings. The van der Waals surface area contributed by atoms with Crippen molar-refractivity contribution in [3.05, 3.63) is 90.0 Å². The quantitative estimate of drug-likeness (QED) is 0.572. The highest BCUT2D eigenvalue weighted by atomic mass is 16.5. The van der Waals surface area contributed by atoms with Crippen LogP contribution in [-0.2, 0) is 11.2 Å². The predicted molar refractivity (Wildman–Crippen MR) is 114 cm³/mol. The largest absolute Gasteiger partial charge is 0.508 e. The van der Waals surface area contributed by atoms with Crippen molar-refractivity contribution >= 4 is 11.6 Å². The monoisotopic (exact) mass is 387 g/mol. The molecule has 1 heterocycles. The van der Waals surface area contributed by atoms with E-state index in [9.17, 15) is 9.90 Å². The van der Waals surface area contributed by atoms with Crippen molar-refractivity contribution in [2.24, 2.45) is 5.92 Å². The standard InChI is InChI=1S/C25H25NO3/c1-29-23-13-6-5-12-22(23)26-24(19-14-16-20(27)17-15-19)21(25(26)28)11-7-10-18-8-3-2-4-9-18/h2-6,8-9,12-17,21,24,27H,7,10-11H2,1H3. The molecule has 4 rings (SSSR count). The number of hydrogen-bond donors (Lipinski definition) is 1. The van der Waals surface area contributed by atoms with E-state index in [0.717, 1.165) is 30.5 Å². The van der Waals surface area contributed by atoms with Gasteiger partial charge in [-0.1, -0.05) is 54.6 Å². The van der Waals surface area contributed by atoms with Gasteiger partial charge >= 0.3 is 0 Å². The van der Waals surface area contributed by atoms with Gasteiger partial charge in [0.15, 0.2) is 0 Å². The second-order valence-electron chi connectivity index (χ2n) is 7.40. The van der Waals surface area contributed by atoms with Crippen LogP contribution < -0.4 is 9.64 Å². The minimum Gasteiger partial charge on any atom is -0.508 e. The molecule has 4 nitrogen and oxygen atoms in total. The maximum Gasteiger partial charge on any atom is 0.233 e. The number of nitrogens with zero attached hydrogens (tertiary/aromatic N) is 1. The zero-order chi connectivity index (χ0) is 20.2. The number of carbonyl (C=O) groups is 1. The molecule has 3 aromatic rings. The number of amides is 1. The van der Waals surface area contributed by atoms with Gasteiger partial charge in [-0.2, -0.15) is 0 Å². The zero-order valence-electron chi connectivity index (χ0n) is 16.5. The first-order valence-corrected chi connectivity index (χ1v) is 9.98. The number of rotatable bonds is 7. The van der Waals surface area contributed by atoms with E-state index < -0.39 is 0 Å². The van der Waals surface area contributed by atoms with Crippen LogP contribution in [0.5, 0.6) is 11.5 Å². The Bertz CT molecular complexity index is 969. The van der Waals surface area contributed by atoms with Crippen LogP contribution in [0.1, 0.15) is 30.0 Å². The lowest BCUT2D eigenvalue weighted by Gasteiger charge is -2.48. The first-order chi connectivity index (χ1) is 14.2. The van der Waals surface area contributed by atoms with E-state index in [0.29, 0.717) is 5.75 Å². The van der Waals surface area contributed by atoms with E-state index in [4.69, 9.17) is 4.74 Å². The van der Waals surface area contributed by atoms with Crippen LogP contribution in [-0.4, -0.2) is 18.1 Å². The van der Waals surface area contributed by atoms with Crippen molar-refractivity contribution in [3.8, 4) is 11.5 Å². The summed E-state index contributed by atoms with van der Waals surface area (Å²) in [6, 6.07) is 25.1. The summed E-state index contributed by atoms with van der Waals surface area (Å²) < 4.78 is 5.49. The molecule has 2 atom stereocenters. The highest BCUT2D eigenvalue weighted by Crippen LogP contribution is 2.48. The third-order valence-corrected chi connectivity index (χ3v) is 5.62. The van der Waals surface area contributed by atoms with Crippen molar-refractivity contribution in [1.29, 1.82) is 0 Å². The number of phenolic OH excluding ortho intramolecular Hbond substituents is 1. The molecule has 148 valence electrons.